The third kappa shape index (κ3) is 42.9. The largest absolute Gasteiger partial charge is 0.0683 e. The molecule has 1 saturated carbocycles. The van der Waals surface area contributed by atoms with Gasteiger partial charge in [-0.05, 0) is 33.1 Å². The zero-order chi connectivity index (χ0) is 18.8. The van der Waals surface area contributed by atoms with E-state index in [9.17, 15) is 0 Å². The summed E-state index contributed by atoms with van der Waals surface area (Å²) in [5.41, 5.74) is 0. The van der Waals surface area contributed by atoms with Crippen molar-refractivity contribution in [3.63, 3.8) is 0 Å². The normalized spacial score (nSPS) is 12.5. The SMILES string of the molecule is C.C/C=C/CCOC1CCCCC1.C=CC.CB=CC.CC.CC. The Hall–Kier alpha value is -0.625. The van der Waals surface area contributed by atoms with E-state index in [0.717, 1.165) is 13.0 Å². The fourth-order valence-corrected chi connectivity index (χ4v) is 1.70. The minimum Gasteiger partial charge on any atom is -0.0683 e. The molecular weight excluding hydrogens is 291 g/mol. The van der Waals surface area contributed by atoms with E-state index in [1.165, 1.54) is 32.1 Å². The molecule has 0 N–H and O–H groups in total. The quantitative estimate of drug-likeness (QED) is 0.289. The molecule has 1 rings (SSSR count). The first kappa shape index (κ1) is 34.7. The van der Waals surface area contributed by atoms with Crippen LogP contribution in [0.25, 0.3) is 0 Å². The van der Waals surface area contributed by atoms with Crippen molar-refractivity contribution in [1.82, 2.24) is 0 Å². The van der Waals surface area contributed by atoms with Gasteiger partial charge in [-0.25, -0.2) is 0 Å². The molecule has 1 nitrogen and oxygen atoms in total. The van der Waals surface area contributed by atoms with E-state index in [2.05, 4.69) is 25.7 Å². The first-order chi connectivity index (χ1) is 11.3. The number of hydrogen-bond acceptors (Lipinski definition) is 1. The maximum atomic E-state index is 5.73. The minimum absolute atomic E-state index is 0. The zero-order valence-electron chi connectivity index (χ0n) is 17.5. The molecule has 0 atom stereocenters. The molecule has 0 aliphatic heterocycles. The van der Waals surface area contributed by atoms with Crippen molar-refractivity contribution < 1.29 is 4.74 Å². The summed E-state index contributed by atoms with van der Waals surface area (Å²) in [6.45, 7) is 22.2. The van der Waals surface area contributed by atoms with Gasteiger partial charge >= 0.3 is 26.6 Å². The monoisotopic (exact) mass is 340 g/mol. The summed E-state index contributed by atoms with van der Waals surface area (Å²) in [6, 6.07) is 0. The van der Waals surface area contributed by atoms with E-state index in [-0.39, 0.29) is 7.43 Å². The summed E-state index contributed by atoms with van der Waals surface area (Å²) in [5.74, 6) is 2.00. The van der Waals surface area contributed by atoms with Crippen molar-refractivity contribution >= 4 is 12.9 Å². The summed E-state index contributed by atoms with van der Waals surface area (Å²) >= 11 is 0. The van der Waals surface area contributed by atoms with Crippen molar-refractivity contribution in [1.29, 1.82) is 0 Å². The van der Waals surface area contributed by atoms with Gasteiger partial charge in [0.25, 0.3) is 0 Å². The fraction of sp³-hybridized carbons (Fsp3) is 0.773. The molecule has 0 unspecified atom stereocenters. The van der Waals surface area contributed by atoms with Gasteiger partial charge in [0, 0.05) is 0 Å². The van der Waals surface area contributed by atoms with Crippen LogP contribution in [0.15, 0.2) is 24.8 Å². The molecule has 0 aromatic rings. The molecule has 1 aliphatic carbocycles. The van der Waals surface area contributed by atoms with Crippen molar-refractivity contribution in [3.05, 3.63) is 24.8 Å². The maximum Gasteiger partial charge on any atom is -0.0683 e. The number of ether oxygens (including phenoxy) is 1. The number of rotatable bonds is 4. The first-order valence-electron chi connectivity index (χ1n) is 9.63. The van der Waals surface area contributed by atoms with Gasteiger partial charge in [-0.2, -0.15) is 0 Å². The van der Waals surface area contributed by atoms with Gasteiger partial charge in [0.2, 0.25) is 0 Å². The van der Waals surface area contributed by atoms with Gasteiger partial charge in [0.1, 0.15) is 0 Å². The summed E-state index contributed by atoms with van der Waals surface area (Å²) in [7, 11) is 0. The Labute approximate surface area is 156 Å². The summed E-state index contributed by atoms with van der Waals surface area (Å²) in [5, 5.41) is 0. The third-order valence-electron chi connectivity index (χ3n) is 2.76. The van der Waals surface area contributed by atoms with Gasteiger partial charge in [-0.3, -0.25) is 0 Å². The van der Waals surface area contributed by atoms with Gasteiger partial charge < -0.3 is 4.74 Å². The Morgan fingerprint density at radius 3 is 1.75 bits per heavy atom. The summed E-state index contributed by atoms with van der Waals surface area (Å²) < 4.78 is 5.73. The molecule has 1 aliphatic rings. The van der Waals surface area contributed by atoms with Crippen molar-refractivity contribution in [3.8, 4) is 0 Å². The van der Waals surface area contributed by atoms with Gasteiger partial charge in [0.15, 0.2) is 0 Å². The third-order valence-corrected chi connectivity index (χ3v) is 2.76. The minimum atomic E-state index is 0. The Morgan fingerprint density at radius 2 is 1.42 bits per heavy atom. The van der Waals surface area contributed by atoms with Gasteiger partial charge in [-0.15, -0.1) is 6.58 Å². The van der Waals surface area contributed by atoms with Crippen LogP contribution in [0.2, 0.25) is 6.82 Å². The predicted molar refractivity (Wildman–Crippen MR) is 121 cm³/mol. The molecule has 24 heavy (non-hydrogen) atoms. The molecule has 0 bridgehead atoms. The van der Waals surface area contributed by atoms with E-state index in [4.69, 9.17) is 4.74 Å². The van der Waals surface area contributed by atoms with Crippen molar-refractivity contribution in [2.24, 2.45) is 0 Å². The second-order valence-electron chi connectivity index (χ2n) is 4.56. The molecule has 146 valence electrons. The first-order valence-corrected chi connectivity index (χ1v) is 9.63. The summed E-state index contributed by atoms with van der Waals surface area (Å²) in [4.78, 5) is 0. The van der Waals surface area contributed by atoms with Crippen LogP contribution < -0.4 is 0 Å². The zero-order valence-corrected chi connectivity index (χ0v) is 17.5. The van der Waals surface area contributed by atoms with E-state index in [1.54, 1.807) is 6.08 Å². The standard InChI is InChI=1S/C11H20O.C3H7B.C3H6.2C2H6.CH4/c1-2-3-7-10-12-11-8-5-4-6-9-11;1-3-4-2;1-3-2;2*1-2;/h2-3,11H,4-10H2,1H3;3H,1-2H3;3H,1H2,2H3;2*1-2H3;1H4/b3-2+;;;;;. The Kier molecular flexibility index (Phi) is 62.5. The van der Waals surface area contributed by atoms with Crippen LogP contribution in [0.1, 0.15) is 94.4 Å². The average molecular weight is 340 g/mol. The Balaban J connectivity index is -0.0000000846. The molecule has 2 heteroatoms. The van der Waals surface area contributed by atoms with E-state index < -0.39 is 0 Å². The van der Waals surface area contributed by atoms with Crippen LogP contribution >= 0.6 is 0 Å². The summed E-state index contributed by atoms with van der Waals surface area (Å²) in [6.07, 6.45) is 14.4. The second-order valence-corrected chi connectivity index (χ2v) is 4.56. The Morgan fingerprint density at radius 1 is 1.00 bits per heavy atom. The van der Waals surface area contributed by atoms with Crippen molar-refractivity contribution in [2.75, 3.05) is 6.61 Å². The Bertz CT molecular complexity index is 212. The molecule has 0 spiro atoms. The molecule has 0 radical (unpaired) electrons. The molecule has 0 aromatic carbocycles. The molecule has 0 aromatic heterocycles. The van der Waals surface area contributed by atoms with Crippen LogP contribution in [0.3, 0.4) is 0 Å². The van der Waals surface area contributed by atoms with Crippen LogP contribution in [0, 0.1) is 0 Å². The van der Waals surface area contributed by atoms with E-state index in [0.29, 0.717) is 6.10 Å². The second kappa shape index (κ2) is 43.2. The predicted octanol–water partition coefficient (Wildman–Crippen LogP) is 7.74. The number of allylic oxidation sites excluding steroid dienone is 2. The molecule has 0 saturated heterocycles. The average Bonchev–Trinajstić information content (AvgIpc) is 2.64. The molecule has 1 fully saturated rings. The fourth-order valence-electron chi connectivity index (χ4n) is 1.70. The number of hydrogen-bond donors (Lipinski definition) is 0. The van der Waals surface area contributed by atoms with Crippen LogP contribution in [0.4, 0.5) is 0 Å². The maximum absolute atomic E-state index is 5.73. The van der Waals surface area contributed by atoms with Crippen molar-refractivity contribution in [2.45, 2.75) is 107 Å². The van der Waals surface area contributed by atoms with Crippen LogP contribution in [0.5, 0.6) is 0 Å². The van der Waals surface area contributed by atoms with E-state index in [1.807, 2.05) is 61.3 Å². The van der Waals surface area contributed by atoms with Gasteiger partial charge in [-0.1, -0.05) is 72.6 Å². The van der Waals surface area contributed by atoms with E-state index >= 15 is 0 Å². The molecule has 0 amide bonds. The molecule has 0 heterocycles. The van der Waals surface area contributed by atoms with Crippen LogP contribution in [-0.2, 0) is 4.74 Å². The van der Waals surface area contributed by atoms with Crippen LogP contribution in [-0.4, -0.2) is 25.6 Å². The smallest absolute Gasteiger partial charge is 0.0683 e. The topological polar surface area (TPSA) is 9.23 Å². The molecular formula is C22H49BO. The van der Waals surface area contributed by atoms with Gasteiger partial charge in [0.05, 0.1) is 12.7 Å².